The van der Waals surface area contributed by atoms with Crippen LogP contribution in [0.2, 0.25) is 0 Å². The Balaban J connectivity index is 1.29. The van der Waals surface area contributed by atoms with Gasteiger partial charge in [-0.1, -0.05) is 11.3 Å². The summed E-state index contributed by atoms with van der Waals surface area (Å²) in [5.74, 6) is 0.735. The van der Waals surface area contributed by atoms with Crippen molar-refractivity contribution in [2.75, 3.05) is 31.2 Å². The number of hydrogen-bond donors (Lipinski definition) is 2. The summed E-state index contributed by atoms with van der Waals surface area (Å²) in [5.41, 5.74) is 1.58. The number of alkyl halides is 1. The van der Waals surface area contributed by atoms with E-state index in [0.29, 0.717) is 0 Å². The van der Waals surface area contributed by atoms with Crippen molar-refractivity contribution >= 4 is 34.5 Å². The second-order valence-corrected chi connectivity index (χ2v) is 12.1. The average Bonchev–Trinajstić information content (AvgIpc) is 3.83. The Labute approximate surface area is 205 Å². The summed E-state index contributed by atoms with van der Waals surface area (Å²) < 4.78 is 18.9. The smallest absolute Gasteiger partial charge is 0.183 e. The molecule has 8 nitrogen and oxygen atoms in total. The zero-order valence-electron chi connectivity index (χ0n) is 18.7. The molecule has 11 heteroatoms. The van der Waals surface area contributed by atoms with Gasteiger partial charge in [0.05, 0.1) is 29.0 Å². The van der Waals surface area contributed by atoms with Crippen LogP contribution in [0.25, 0.3) is 16.3 Å². The van der Waals surface area contributed by atoms with Crippen molar-refractivity contribution in [2.24, 2.45) is 0 Å². The maximum atomic E-state index is 13.5. The van der Waals surface area contributed by atoms with E-state index in [1.165, 1.54) is 36.1 Å². The SMILES string of the molecule is N#CC1(c2nnc(-c3ncc4c(N5CCNC6(CC6)C5)cc(SNC5(CF)CC5)cn34)s2)CC1. The van der Waals surface area contributed by atoms with E-state index in [4.69, 9.17) is 4.98 Å². The van der Waals surface area contributed by atoms with Crippen LogP contribution in [-0.2, 0) is 5.41 Å². The minimum Gasteiger partial charge on any atom is -0.367 e. The summed E-state index contributed by atoms with van der Waals surface area (Å²) in [6.07, 6.45) is 9.83. The molecule has 0 aromatic carbocycles. The van der Waals surface area contributed by atoms with E-state index >= 15 is 0 Å². The fraction of sp³-hybridized carbons (Fsp3) is 0.565. The third-order valence-electron chi connectivity index (χ3n) is 7.65. The highest BCUT2D eigenvalue weighted by Gasteiger charge is 2.49. The van der Waals surface area contributed by atoms with E-state index in [-0.39, 0.29) is 17.8 Å². The lowest BCUT2D eigenvalue weighted by molar-refractivity contribution is 0.402. The normalized spacial score (nSPS) is 23.2. The zero-order valence-corrected chi connectivity index (χ0v) is 20.3. The molecule has 3 aromatic rings. The van der Waals surface area contributed by atoms with Crippen molar-refractivity contribution in [1.29, 1.82) is 5.26 Å². The van der Waals surface area contributed by atoms with Crippen molar-refractivity contribution < 1.29 is 4.39 Å². The molecule has 4 fully saturated rings. The molecule has 4 aliphatic rings. The highest BCUT2D eigenvalue weighted by atomic mass is 32.2. The maximum absolute atomic E-state index is 13.5. The molecule has 0 radical (unpaired) electrons. The van der Waals surface area contributed by atoms with Crippen molar-refractivity contribution in [3.05, 3.63) is 23.5 Å². The maximum Gasteiger partial charge on any atom is 0.183 e. The van der Waals surface area contributed by atoms with Crippen molar-refractivity contribution in [2.45, 2.75) is 59.9 Å². The second kappa shape index (κ2) is 7.37. The number of hydrogen-bond acceptors (Lipinski definition) is 9. The molecule has 0 atom stereocenters. The Morgan fingerprint density at radius 1 is 1.24 bits per heavy atom. The lowest BCUT2D eigenvalue weighted by atomic mass is 10.1. The number of nitriles is 1. The fourth-order valence-electron chi connectivity index (χ4n) is 4.76. The Bertz CT molecular complexity index is 1310. The number of nitrogens with zero attached hydrogens (tertiary/aromatic N) is 6. The van der Waals surface area contributed by atoms with E-state index in [9.17, 15) is 9.65 Å². The minimum atomic E-state index is -0.455. The van der Waals surface area contributed by atoms with E-state index in [0.717, 1.165) is 77.3 Å². The van der Waals surface area contributed by atoms with Crippen molar-refractivity contribution in [3.8, 4) is 16.9 Å². The van der Waals surface area contributed by atoms with E-state index in [1.54, 1.807) is 0 Å². The molecule has 0 bridgehead atoms. The van der Waals surface area contributed by atoms with Crippen LogP contribution in [0.4, 0.5) is 10.1 Å². The van der Waals surface area contributed by atoms with Gasteiger partial charge in [0.1, 0.15) is 17.1 Å². The molecule has 3 aliphatic carbocycles. The first-order valence-corrected chi connectivity index (χ1v) is 13.5. The lowest BCUT2D eigenvalue weighted by Crippen LogP contribution is -2.52. The molecular formula is C23H25FN8S2. The monoisotopic (exact) mass is 496 g/mol. The van der Waals surface area contributed by atoms with Gasteiger partial charge in [0.25, 0.3) is 0 Å². The summed E-state index contributed by atoms with van der Waals surface area (Å²) in [6, 6.07) is 4.61. The van der Waals surface area contributed by atoms with Gasteiger partial charge in [-0.05, 0) is 56.5 Å². The largest absolute Gasteiger partial charge is 0.367 e. The van der Waals surface area contributed by atoms with Crippen LogP contribution in [0.15, 0.2) is 23.4 Å². The second-order valence-electron chi connectivity index (χ2n) is 10.3. The summed E-state index contributed by atoms with van der Waals surface area (Å²) in [4.78, 5) is 8.22. The molecule has 3 aromatic heterocycles. The van der Waals surface area contributed by atoms with Gasteiger partial charge < -0.3 is 10.2 Å². The number of halogens is 1. The molecular weight excluding hydrogens is 471 g/mol. The minimum absolute atomic E-state index is 0.246. The number of imidazole rings is 1. The van der Waals surface area contributed by atoms with Crippen LogP contribution >= 0.6 is 23.3 Å². The topological polar surface area (TPSA) is 94.2 Å². The summed E-state index contributed by atoms with van der Waals surface area (Å²) in [5, 5.41) is 23.5. The Morgan fingerprint density at radius 3 is 2.79 bits per heavy atom. The summed E-state index contributed by atoms with van der Waals surface area (Å²) >= 11 is 2.96. The number of nitrogens with one attached hydrogen (secondary N) is 2. The standard InChI is InChI=1S/C23H25FN8S2/c24-12-22(3-4-22)30-34-15-9-16(31-8-7-27-23(14-31)5-6-23)17-10-26-18(32(17)11-15)19-28-29-20(33-19)21(13-25)1-2-21/h9-11,27,30H,1-8,12,14H2. The number of rotatable bonds is 7. The molecule has 1 aliphatic heterocycles. The van der Waals surface area contributed by atoms with Gasteiger partial charge in [-0.15, -0.1) is 10.2 Å². The van der Waals surface area contributed by atoms with Crippen LogP contribution in [0.1, 0.15) is 43.5 Å². The molecule has 2 N–H and O–H groups in total. The third kappa shape index (κ3) is 3.42. The number of fused-ring (bicyclic) bond motifs is 1. The molecule has 0 unspecified atom stereocenters. The van der Waals surface area contributed by atoms with Gasteiger partial charge in [-0.25, -0.2) is 9.37 Å². The van der Waals surface area contributed by atoms with Crippen LogP contribution in [0.5, 0.6) is 0 Å². The molecule has 0 amide bonds. The number of pyridine rings is 1. The Morgan fingerprint density at radius 2 is 2.09 bits per heavy atom. The van der Waals surface area contributed by atoms with Gasteiger partial charge in [-0.2, -0.15) is 5.26 Å². The Hall–Kier alpha value is -2.26. The molecule has 1 spiro atoms. The molecule has 7 rings (SSSR count). The lowest BCUT2D eigenvalue weighted by Gasteiger charge is -2.36. The summed E-state index contributed by atoms with van der Waals surface area (Å²) in [7, 11) is 0. The molecule has 3 saturated carbocycles. The predicted molar refractivity (Wildman–Crippen MR) is 130 cm³/mol. The van der Waals surface area contributed by atoms with Gasteiger partial charge in [0.2, 0.25) is 0 Å². The highest BCUT2D eigenvalue weighted by molar-refractivity contribution is 7.97. The van der Waals surface area contributed by atoms with Crippen LogP contribution < -0.4 is 14.9 Å². The molecule has 4 heterocycles. The predicted octanol–water partition coefficient (Wildman–Crippen LogP) is 3.45. The van der Waals surface area contributed by atoms with Gasteiger partial charge in [-0.3, -0.25) is 9.12 Å². The first kappa shape index (κ1) is 21.1. The number of anilines is 1. The summed E-state index contributed by atoms with van der Waals surface area (Å²) in [6.45, 7) is 2.53. The van der Waals surface area contributed by atoms with E-state index < -0.39 is 5.41 Å². The van der Waals surface area contributed by atoms with Gasteiger partial charge in [0.15, 0.2) is 10.8 Å². The van der Waals surface area contributed by atoms with Crippen molar-refractivity contribution in [3.63, 3.8) is 0 Å². The third-order valence-corrected chi connectivity index (χ3v) is 9.77. The van der Waals surface area contributed by atoms with Gasteiger partial charge in [0, 0.05) is 36.3 Å². The Kier molecular flexibility index (Phi) is 4.56. The van der Waals surface area contributed by atoms with E-state index in [1.807, 2.05) is 6.20 Å². The highest BCUT2D eigenvalue weighted by Crippen LogP contribution is 2.49. The molecule has 34 heavy (non-hydrogen) atoms. The number of aromatic nitrogens is 4. The number of piperazine rings is 1. The van der Waals surface area contributed by atoms with Crippen molar-refractivity contribution in [1.82, 2.24) is 29.6 Å². The van der Waals surface area contributed by atoms with E-state index in [2.05, 4.69) is 47.9 Å². The first-order chi connectivity index (χ1) is 16.6. The molecule has 176 valence electrons. The van der Waals surface area contributed by atoms with Crippen LogP contribution in [0, 0.1) is 11.3 Å². The fourth-order valence-corrected chi connectivity index (χ4v) is 6.71. The zero-order chi connectivity index (χ0) is 23.0. The first-order valence-electron chi connectivity index (χ1n) is 11.8. The molecule has 1 saturated heterocycles. The van der Waals surface area contributed by atoms with Gasteiger partial charge >= 0.3 is 0 Å². The van der Waals surface area contributed by atoms with Crippen LogP contribution in [-0.4, -0.2) is 57.0 Å². The quantitative estimate of drug-likeness (QED) is 0.481. The average molecular weight is 497 g/mol. The van der Waals surface area contributed by atoms with Crippen LogP contribution in [0.3, 0.4) is 0 Å².